The Morgan fingerprint density at radius 1 is 1.17 bits per heavy atom. The third-order valence-corrected chi connectivity index (χ3v) is 3.63. The van der Waals surface area contributed by atoms with Gasteiger partial charge in [-0.15, -0.1) is 0 Å². The molecule has 0 aliphatic rings. The smallest absolute Gasteiger partial charge is 0.0949 e. The summed E-state index contributed by atoms with van der Waals surface area (Å²) in [5.74, 6) is 0. The first-order chi connectivity index (χ1) is 8.64. The molecule has 0 bridgehead atoms. The van der Waals surface area contributed by atoms with Gasteiger partial charge < -0.3 is 5.11 Å². The molecule has 1 aromatic carbocycles. The largest absolute Gasteiger partial charge is 0.385 e. The van der Waals surface area contributed by atoms with Crippen LogP contribution in [0.3, 0.4) is 0 Å². The molecule has 1 N–H and O–H groups in total. The van der Waals surface area contributed by atoms with Gasteiger partial charge in [-0.05, 0) is 40.0 Å². The summed E-state index contributed by atoms with van der Waals surface area (Å²) in [6, 6.07) is 13.7. The average Bonchev–Trinajstić information content (AvgIpc) is 2.42. The minimum absolute atomic E-state index is 0.529. The summed E-state index contributed by atoms with van der Waals surface area (Å²) in [6.07, 6.45) is 2.95. The van der Waals surface area contributed by atoms with E-state index in [-0.39, 0.29) is 0 Å². The molecule has 3 heteroatoms. The molecule has 2 rings (SSSR count). The maximum atomic E-state index is 10.8. The molecule has 2 aromatic rings. The van der Waals surface area contributed by atoms with Crippen LogP contribution in [-0.4, -0.2) is 10.1 Å². The molecule has 0 radical (unpaired) electrons. The molecule has 0 spiro atoms. The highest BCUT2D eigenvalue weighted by atomic mass is 79.9. The number of hydrogen-bond donors (Lipinski definition) is 1. The third kappa shape index (κ3) is 2.98. The minimum Gasteiger partial charge on any atom is -0.385 e. The van der Waals surface area contributed by atoms with Gasteiger partial charge in [0.1, 0.15) is 0 Å². The highest BCUT2D eigenvalue weighted by molar-refractivity contribution is 9.10. The zero-order chi connectivity index (χ0) is 13.0. The maximum Gasteiger partial charge on any atom is 0.0949 e. The molecule has 2 nitrogen and oxygen atoms in total. The van der Waals surface area contributed by atoms with Gasteiger partial charge in [-0.25, -0.2) is 0 Å². The van der Waals surface area contributed by atoms with Crippen LogP contribution in [-0.2, 0) is 12.0 Å². The van der Waals surface area contributed by atoms with E-state index >= 15 is 0 Å². The molecule has 1 aromatic heterocycles. The molecule has 0 fully saturated rings. The second-order valence-electron chi connectivity index (χ2n) is 4.40. The predicted octanol–water partition coefficient (Wildman–Crippen LogP) is 3.68. The summed E-state index contributed by atoms with van der Waals surface area (Å²) in [7, 11) is 0. The van der Waals surface area contributed by atoms with Crippen molar-refractivity contribution in [2.75, 3.05) is 0 Å². The van der Waals surface area contributed by atoms with Crippen LogP contribution in [0.4, 0.5) is 0 Å². The van der Waals surface area contributed by atoms with E-state index in [1.54, 1.807) is 6.20 Å². The monoisotopic (exact) mass is 305 g/mol. The highest BCUT2D eigenvalue weighted by Gasteiger charge is 2.27. The van der Waals surface area contributed by atoms with Crippen molar-refractivity contribution in [2.24, 2.45) is 0 Å². The van der Waals surface area contributed by atoms with Crippen molar-refractivity contribution in [1.29, 1.82) is 0 Å². The van der Waals surface area contributed by atoms with E-state index in [9.17, 15) is 5.11 Å². The fourth-order valence-electron chi connectivity index (χ4n) is 1.99. The SMILES string of the molecule is CCC(O)(Cc1ccc(Br)cn1)c1ccccc1. The Balaban J connectivity index is 2.26. The topological polar surface area (TPSA) is 33.1 Å². The maximum absolute atomic E-state index is 10.8. The Morgan fingerprint density at radius 3 is 2.44 bits per heavy atom. The van der Waals surface area contributed by atoms with E-state index in [0.717, 1.165) is 15.7 Å². The molecule has 1 heterocycles. The van der Waals surface area contributed by atoms with Crippen LogP contribution >= 0.6 is 15.9 Å². The molecule has 0 aliphatic heterocycles. The molecule has 0 saturated carbocycles. The van der Waals surface area contributed by atoms with Crippen LogP contribution in [0.5, 0.6) is 0 Å². The number of nitrogens with zero attached hydrogens (tertiary/aromatic N) is 1. The van der Waals surface area contributed by atoms with Gasteiger partial charge in [-0.3, -0.25) is 4.98 Å². The molecular formula is C15H16BrNO. The fourth-order valence-corrected chi connectivity index (χ4v) is 2.22. The van der Waals surface area contributed by atoms with Gasteiger partial charge in [0.05, 0.1) is 5.60 Å². The van der Waals surface area contributed by atoms with Crippen LogP contribution in [0.15, 0.2) is 53.1 Å². The number of rotatable bonds is 4. The van der Waals surface area contributed by atoms with Gasteiger partial charge in [0, 0.05) is 22.8 Å². The quantitative estimate of drug-likeness (QED) is 0.934. The first-order valence-electron chi connectivity index (χ1n) is 6.02. The van der Waals surface area contributed by atoms with E-state index in [4.69, 9.17) is 0 Å². The van der Waals surface area contributed by atoms with Crippen LogP contribution in [0, 0.1) is 0 Å². The van der Waals surface area contributed by atoms with Gasteiger partial charge in [0.25, 0.3) is 0 Å². The lowest BCUT2D eigenvalue weighted by molar-refractivity contribution is 0.0317. The van der Waals surface area contributed by atoms with Crippen molar-refractivity contribution < 1.29 is 5.11 Å². The summed E-state index contributed by atoms with van der Waals surface area (Å²) in [4.78, 5) is 4.33. The van der Waals surface area contributed by atoms with Crippen LogP contribution in [0.1, 0.15) is 24.6 Å². The number of benzene rings is 1. The zero-order valence-corrected chi connectivity index (χ0v) is 11.9. The van der Waals surface area contributed by atoms with Crippen LogP contribution in [0.25, 0.3) is 0 Å². The van der Waals surface area contributed by atoms with Crippen molar-refractivity contribution in [3.8, 4) is 0 Å². The second-order valence-corrected chi connectivity index (χ2v) is 5.31. The van der Waals surface area contributed by atoms with Gasteiger partial charge in [0.15, 0.2) is 0 Å². The Bertz CT molecular complexity index is 498. The summed E-state index contributed by atoms with van der Waals surface area (Å²) in [5, 5.41) is 10.8. The van der Waals surface area contributed by atoms with Crippen molar-refractivity contribution in [3.63, 3.8) is 0 Å². The summed E-state index contributed by atoms with van der Waals surface area (Å²) < 4.78 is 0.950. The molecule has 0 amide bonds. The normalized spacial score (nSPS) is 14.2. The Hall–Kier alpha value is -1.19. The van der Waals surface area contributed by atoms with E-state index in [1.807, 2.05) is 49.4 Å². The van der Waals surface area contributed by atoms with Gasteiger partial charge in [-0.1, -0.05) is 37.3 Å². The molecule has 0 saturated heterocycles. The Kier molecular flexibility index (Phi) is 4.15. The number of hydrogen-bond acceptors (Lipinski definition) is 2. The first-order valence-corrected chi connectivity index (χ1v) is 6.82. The second kappa shape index (κ2) is 5.63. The van der Waals surface area contributed by atoms with Crippen LogP contribution < -0.4 is 0 Å². The number of aromatic nitrogens is 1. The molecule has 0 aliphatic carbocycles. The lowest BCUT2D eigenvalue weighted by Crippen LogP contribution is -2.28. The van der Waals surface area contributed by atoms with Gasteiger partial charge >= 0.3 is 0 Å². The van der Waals surface area contributed by atoms with Crippen molar-refractivity contribution in [3.05, 3.63) is 64.4 Å². The number of aliphatic hydroxyl groups is 1. The predicted molar refractivity (Wildman–Crippen MR) is 76.3 cm³/mol. The van der Waals surface area contributed by atoms with E-state index in [1.165, 1.54) is 0 Å². The summed E-state index contributed by atoms with van der Waals surface area (Å²) in [5.41, 5.74) is 0.992. The number of pyridine rings is 1. The minimum atomic E-state index is -0.845. The molecular weight excluding hydrogens is 290 g/mol. The zero-order valence-electron chi connectivity index (χ0n) is 10.3. The Morgan fingerprint density at radius 2 is 1.89 bits per heavy atom. The molecule has 94 valence electrons. The lowest BCUT2D eigenvalue weighted by Gasteiger charge is -2.27. The van der Waals surface area contributed by atoms with Gasteiger partial charge in [0.2, 0.25) is 0 Å². The lowest BCUT2D eigenvalue weighted by atomic mass is 9.86. The molecule has 18 heavy (non-hydrogen) atoms. The summed E-state index contributed by atoms with van der Waals surface area (Å²) >= 11 is 3.36. The first kappa shape index (κ1) is 13.2. The van der Waals surface area contributed by atoms with E-state index < -0.39 is 5.60 Å². The van der Waals surface area contributed by atoms with Gasteiger partial charge in [-0.2, -0.15) is 0 Å². The van der Waals surface area contributed by atoms with Crippen LogP contribution in [0.2, 0.25) is 0 Å². The van der Waals surface area contributed by atoms with Crippen molar-refractivity contribution in [2.45, 2.75) is 25.4 Å². The average molecular weight is 306 g/mol. The summed E-state index contributed by atoms with van der Waals surface area (Å²) in [6.45, 7) is 1.99. The van der Waals surface area contributed by atoms with Crippen molar-refractivity contribution in [1.82, 2.24) is 4.98 Å². The molecule has 1 atom stereocenters. The Labute approximate surface area is 116 Å². The van der Waals surface area contributed by atoms with E-state index in [2.05, 4.69) is 20.9 Å². The van der Waals surface area contributed by atoms with Crippen molar-refractivity contribution >= 4 is 15.9 Å². The molecule has 1 unspecified atom stereocenters. The van der Waals surface area contributed by atoms with E-state index in [0.29, 0.717) is 12.8 Å². The fraction of sp³-hybridized carbons (Fsp3) is 0.267. The standard InChI is InChI=1S/C15H16BrNO/c1-2-15(18,12-6-4-3-5-7-12)10-14-9-8-13(16)11-17-14/h3-9,11,18H,2,10H2,1H3. The highest BCUT2D eigenvalue weighted by Crippen LogP contribution is 2.28. The third-order valence-electron chi connectivity index (χ3n) is 3.16. The number of halogens is 1.